The second kappa shape index (κ2) is 6.33. The van der Waals surface area contributed by atoms with Crippen LogP contribution in [0.2, 0.25) is 5.28 Å². The summed E-state index contributed by atoms with van der Waals surface area (Å²) in [7, 11) is 4.02. The van der Waals surface area contributed by atoms with Gasteiger partial charge in [-0.05, 0) is 50.8 Å². The molecule has 108 valence electrons. The van der Waals surface area contributed by atoms with Crippen LogP contribution >= 0.6 is 11.6 Å². The van der Waals surface area contributed by atoms with Crippen LogP contribution in [-0.2, 0) is 0 Å². The van der Waals surface area contributed by atoms with Gasteiger partial charge >= 0.3 is 0 Å². The fourth-order valence-corrected chi connectivity index (χ4v) is 2.20. The second-order valence-electron chi connectivity index (χ2n) is 4.86. The lowest BCUT2D eigenvalue weighted by Gasteiger charge is -2.25. The first-order valence-electron chi connectivity index (χ1n) is 6.53. The third-order valence-corrected chi connectivity index (χ3v) is 3.28. The average Bonchev–Trinajstić information content (AvgIpc) is 2.39. The van der Waals surface area contributed by atoms with Crippen molar-refractivity contribution in [2.75, 3.05) is 38.6 Å². The number of hydrogen-bond acceptors (Lipinski definition) is 4. The molecule has 0 fully saturated rings. The molecule has 4 nitrogen and oxygen atoms in total. The summed E-state index contributed by atoms with van der Waals surface area (Å²) in [4.78, 5) is 12.6. The van der Waals surface area contributed by atoms with Gasteiger partial charge in [0.15, 0.2) is 0 Å². The summed E-state index contributed by atoms with van der Waals surface area (Å²) in [5.74, 6) is 0.386. The van der Waals surface area contributed by atoms with Crippen LogP contribution in [0.1, 0.15) is 6.92 Å². The van der Waals surface area contributed by atoms with E-state index in [-0.39, 0.29) is 11.1 Å². The van der Waals surface area contributed by atoms with E-state index in [0.29, 0.717) is 16.7 Å². The Labute approximate surface area is 123 Å². The van der Waals surface area contributed by atoms with Crippen molar-refractivity contribution in [2.24, 2.45) is 0 Å². The van der Waals surface area contributed by atoms with E-state index in [1.807, 2.05) is 21.0 Å². The molecule has 0 aliphatic heterocycles. The maximum absolute atomic E-state index is 13.5. The number of aromatic nitrogens is 2. The van der Waals surface area contributed by atoms with Crippen LogP contribution in [0.3, 0.4) is 0 Å². The van der Waals surface area contributed by atoms with Gasteiger partial charge in [0.2, 0.25) is 5.28 Å². The molecular weight excluding hydrogens is 279 g/mol. The summed E-state index contributed by atoms with van der Waals surface area (Å²) < 4.78 is 13.5. The van der Waals surface area contributed by atoms with Gasteiger partial charge < -0.3 is 9.80 Å². The largest absolute Gasteiger partial charge is 0.355 e. The first kappa shape index (κ1) is 14.9. The summed E-state index contributed by atoms with van der Waals surface area (Å²) in [5.41, 5.74) is 0.657. The number of fused-ring (bicyclic) bond motifs is 1. The van der Waals surface area contributed by atoms with Gasteiger partial charge in [-0.25, -0.2) is 9.37 Å². The average molecular weight is 297 g/mol. The minimum absolute atomic E-state index is 0.183. The van der Waals surface area contributed by atoms with Gasteiger partial charge in [-0.2, -0.15) is 4.98 Å². The molecule has 0 saturated carbocycles. The Kier molecular flexibility index (Phi) is 4.73. The molecule has 0 amide bonds. The van der Waals surface area contributed by atoms with E-state index in [0.717, 1.165) is 19.6 Å². The highest BCUT2D eigenvalue weighted by Gasteiger charge is 2.13. The summed E-state index contributed by atoms with van der Waals surface area (Å²) in [5, 5.41) is 0.873. The molecule has 0 radical (unpaired) electrons. The lowest BCUT2D eigenvalue weighted by molar-refractivity contribution is 0.413. The minimum atomic E-state index is -0.298. The van der Waals surface area contributed by atoms with Gasteiger partial charge in [0, 0.05) is 25.0 Å². The molecule has 0 aliphatic rings. The number of anilines is 1. The Hall–Kier alpha value is -1.46. The number of nitrogens with zero attached hydrogens (tertiary/aromatic N) is 4. The maximum Gasteiger partial charge on any atom is 0.224 e. The zero-order chi connectivity index (χ0) is 14.7. The van der Waals surface area contributed by atoms with Crippen molar-refractivity contribution >= 4 is 28.3 Å². The molecule has 0 atom stereocenters. The van der Waals surface area contributed by atoms with Gasteiger partial charge in [0.05, 0.1) is 5.52 Å². The zero-order valence-electron chi connectivity index (χ0n) is 11.9. The monoisotopic (exact) mass is 296 g/mol. The van der Waals surface area contributed by atoms with E-state index >= 15 is 0 Å². The van der Waals surface area contributed by atoms with Crippen molar-refractivity contribution in [3.63, 3.8) is 0 Å². The van der Waals surface area contributed by atoms with E-state index in [4.69, 9.17) is 11.6 Å². The van der Waals surface area contributed by atoms with Gasteiger partial charge in [0.25, 0.3) is 0 Å². The zero-order valence-corrected chi connectivity index (χ0v) is 12.7. The van der Waals surface area contributed by atoms with Crippen LogP contribution in [0.25, 0.3) is 10.9 Å². The summed E-state index contributed by atoms with van der Waals surface area (Å²) in [6, 6.07) is 4.46. The van der Waals surface area contributed by atoms with Crippen LogP contribution in [0.5, 0.6) is 0 Å². The molecule has 1 aromatic heterocycles. The number of likely N-dealkylation sites (N-methyl/N-ethyl adjacent to an activating group) is 2. The number of benzene rings is 1. The van der Waals surface area contributed by atoms with Crippen molar-refractivity contribution in [3.05, 3.63) is 29.3 Å². The third kappa shape index (κ3) is 3.35. The molecule has 1 heterocycles. The third-order valence-electron chi connectivity index (χ3n) is 3.11. The van der Waals surface area contributed by atoms with Gasteiger partial charge in [-0.1, -0.05) is 0 Å². The lowest BCUT2D eigenvalue weighted by atomic mass is 10.2. The highest BCUT2D eigenvalue weighted by molar-refractivity contribution is 6.28. The van der Waals surface area contributed by atoms with Crippen LogP contribution in [0, 0.1) is 5.82 Å². The first-order chi connectivity index (χ1) is 9.51. The molecule has 1 aromatic carbocycles. The highest BCUT2D eigenvalue weighted by atomic mass is 35.5. The molecule has 2 rings (SSSR count). The van der Waals surface area contributed by atoms with Gasteiger partial charge in [-0.15, -0.1) is 0 Å². The Morgan fingerprint density at radius 3 is 2.60 bits per heavy atom. The summed E-state index contributed by atoms with van der Waals surface area (Å²) in [6.07, 6.45) is 0. The molecule has 0 bridgehead atoms. The molecule has 6 heteroatoms. The van der Waals surface area contributed by atoms with Gasteiger partial charge in [-0.3, -0.25) is 0 Å². The summed E-state index contributed by atoms with van der Waals surface area (Å²) in [6.45, 7) is 4.48. The van der Waals surface area contributed by atoms with E-state index in [2.05, 4.69) is 19.8 Å². The lowest BCUT2D eigenvalue weighted by Crippen LogP contribution is -2.32. The fourth-order valence-electron chi connectivity index (χ4n) is 2.03. The van der Waals surface area contributed by atoms with Crippen molar-refractivity contribution in [2.45, 2.75) is 6.92 Å². The van der Waals surface area contributed by atoms with E-state index in [9.17, 15) is 4.39 Å². The first-order valence-corrected chi connectivity index (χ1v) is 6.91. The summed E-state index contributed by atoms with van der Waals surface area (Å²) >= 11 is 5.97. The predicted octanol–water partition coefficient (Wildman–Crippen LogP) is 2.81. The highest BCUT2D eigenvalue weighted by Crippen LogP contribution is 2.26. The van der Waals surface area contributed by atoms with E-state index < -0.39 is 0 Å². The van der Waals surface area contributed by atoms with Crippen LogP contribution in [0.4, 0.5) is 10.2 Å². The SMILES string of the molecule is CCN(CCN(C)C)c1nc(Cl)nc2ccc(F)cc12. The van der Waals surface area contributed by atoms with E-state index in [1.165, 1.54) is 12.1 Å². The molecule has 0 aliphatic carbocycles. The quantitative estimate of drug-likeness (QED) is 0.794. The predicted molar refractivity (Wildman–Crippen MR) is 80.9 cm³/mol. The molecule has 0 spiro atoms. The second-order valence-corrected chi connectivity index (χ2v) is 5.20. The Bertz CT molecular complexity index is 603. The molecule has 0 N–H and O–H groups in total. The Morgan fingerprint density at radius 1 is 1.20 bits per heavy atom. The molecular formula is C14H18ClFN4. The van der Waals surface area contributed by atoms with Crippen molar-refractivity contribution in [3.8, 4) is 0 Å². The number of rotatable bonds is 5. The fraction of sp³-hybridized carbons (Fsp3) is 0.429. The molecule has 2 aromatic rings. The Morgan fingerprint density at radius 2 is 1.95 bits per heavy atom. The smallest absolute Gasteiger partial charge is 0.224 e. The van der Waals surface area contributed by atoms with Crippen molar-refractivity contribution < 1.29 is 4.39 Å². The normalized spacial score (nSPS) is 11.3. The Balaban J connectivity index is 2.47. The van der Waals surface area contributed by atoms with Crippen molar-refractivity contribution in [1.29, 1.82) is 0 Å². The van der Waals surface area contributed by atoms with Crippen LogP contribution in [0.15, 0.2) is 18.2 Å². The van der Waals surface area contributed by atoms with Gasteiger partial charge in [0.1, 0.15) is 11.6 Å². The standard InChI is InChI=1S/C14H18ClFN4/c1-4-20(8-7-19(2)3)13-11-9-10(16)5-6-12(11)17-14(15)18-13/h5-6,9H,4,7-8H2,1-3H3. The number of hydrogen-bond donors (Lipinski definition) is 0. The molecule has 20 heavy (non-hydrogen) atoms. The molecule has 0 unspecified atom stereocenters. The minimum Gasteiger partial charge on any atom is -0.355 e. The van der Waals surface area contributed by atoms with Crippen LogP contribution in [-0.4, -0.2) is 48.6 Å². The number of halogens is 2. The van der Waals surface area contributed by atoms with Crippen molar-refractivity contribution in [1.82, 2.24) is 14.9 Å². The molecule has 0 saturated heterocycles. The topological polar surface area (TPSA) is 32.3 Å². The maximum atomic E-state index is 13.5. The van der Waals surface area contributed by atoms with E-state index in [1.54, 1.807) is 6.07 Å². The van der Waals surface area contributed by atoms with Crippen LogP contribution < -0.4 is 4.90 Å².